The molecule has 0 aliphatic heterocycles. The molecule has 110 valence electrons. The standard InChI is InChI=1S/C15H21NO3S/c1-4-9(5-2)13(17)16-14-12(15(18)19-3)10-7-6-8-11(10)20-14/h9H,4-8H2,1-3H3,(H,16,17). The summed E-state index contributed by atoms with van der Waals surface area (Å²) in [6.07, 6.45) is 4.58. The van der Waals surface area contributed by atoms with Gasteiger partial charge in [0.05, 0.1) is 12.7 Å². The van der Waals surface area contributed by atoms with Crippen molar-refractivity contribution in [3.8, 4) is 0 Å². The molecule has 1 heterocycles. The smallest absolute Gasteiger partial charge is 0.341 e. The van der Waals surface area contributed by atoms with Gasteiger partial charge in [-0.15, -0.1) is 11.3 Å². The van der Waals surface area contributed by atoms with E-state index >= 15 is 0 Å². The molecule has 0 spiro atoms. The first kappa shape index (κ1) is 15.0. The molecule has 4 nitrogen and oxygen atoms in total. The second-order valence-corrected chi connectivity index (χ2v) is 6.16. The van der Waals surface area contributed by atoms with Crippen LogP contribution in [0.15, 0.2) is 0 Å². The topological polar surface area (TPSA) is 55.4 Å². The molecule has 1 amide bonds. The summed E-state index contributed by atoms with van der Waals surface area (Å²) in [4.78, 5) is 25.4. The van der Waals surface area contributed by atoms with E-state index in [9.17, 15) is 9.59 Å². The number of hydrogen-bond acceptors (Lipinski definition) is 4. The molecule has 0 aromatic carbocycles. The molecule has 0 saturated heterocycles. The van der Waals surface area contributed by atoms with Crippen molar-refractivity contribution in [3.63, 3.8) is 0 Å². The zero-order valence-corrected chi connectivity index (χ0v) is 13.1. The van der Waals surface area contributed by atoms with Gasteiger partial charge in [0, 0.05) is 10.8 Å². The fourth-order valence-corrected chi connectivity index (χ4v) is 3.96. The average Bonchev–Trinajstić information content (AvgIpc) is 2.99. The van der Waals surface area contributed by atoms with Gasteiger partial charge in [-0.05, 0) is 37.7 Å². The van der Waals surface area contributed by atoms with Gasteiger partial charge in [-0.2, -0.15) is 0 Å². The van der Waals surface area contributed by atoms with Crippen molar-refractivity contribution in [2.24, 2.45) is 5.92 Å². The van der Waals surface area contributed by atoms with E-state index < -0.39 is 0 Å². The Kier molecular flexibility index (Phi) is 4.81. The van der Waals surface area contributed by atoms with Gasteiger partial charge in [-0.3, -0.25) is 4.79 Å². The largest absolute Gasteiger partial charge is 0.465 e. The minimum absolute atomic E-state index is 0.0000709. The number of carbonyl (C=O) groups excluding carboxylic acids is 2. The van der Waals surface area contributed by atoms with Crippen LogP contribution < -0.4 is 5.32 Å². The van der Waals surface area contributed by atoms with Crippen LogP contribution >= 0.6 is 11.3 Å². The van der Waals surface area contributed by atoms with E-state index in [0.717, 1.165) is 37.7 Å². The van der Waals surface area contributed by atoms with Crippen LogP contribution in [0.3, 0.4) is 0 Å². The van der Waals surface area contributed by atoms with Crippen molar-refractivity contribution in [1.29, 1.82) is 0 Å². The van der Waals surface area contributed by atoms with Crippen molar-refractivity contribution < 1.29 is 14.3 Å². The van der Waals surface area contributed by atoms with Gasteiger partial charge in [0.25, 0.3) is 0 Å². The Morgan fingerprint density at radius 3 is 2.60 bits per heavy atom. The van der Waals surface area contributed by atoms with Crippen LogP contribution in [0.25, 0.3) is 0 Å². The third-order valence-electron chi connectivity index (χ3n) is 3.90. The maximum absolute atomic E-state index is 12.2. The number of methoxy groups -OCH3 is 1. The van der Waals surface area contributed by atoms with Crippen molar-refractivity contribution >= 4 is 28.2 Å². The Morgan fingerprint density at radius 1 is 1.30 bits per heavy atom. The van der Waals surface area contributed by atoms with Gasteiger partial charge in [0.1, 0.15) is 5.00 Å². The molecule has 0 radical (unpaired) electrons. The molecular formula is C15H21NO3S. The fourth-order valence-electron chi connectivity index (χ4n) is 2.68. The maximum Gasteiger partial charge on any atom is 0.341 e. The molecule has 1 N–H and O–H groups in total. The second kappa shape index (κ2) is 6.39. The van der Waals surface area contributed by atoms with Crippen molar-refractivity contribution in [3.05, 3.63) is 16.0 Å². The summed E-state index contributed by atoms with van der Waals surface area (Å²) in [6, 6.07) is 0. The number of aryl methyl sites for hydroxylation is 1. The third kappa shape index (κ3) is 2.73. The molecule has 0 bridgehead atoms. The predicted molar refractivity (Wildman–Crippen MR) is 80.4 cm³/mol. The lowest BCUT2D eigenvalue weighted by atomic mass is 10.0. The summed E-state index contributed by atoms with van der Waals surface area (Å²) < 4.78 is 4.87. The Morgan fingerprint density at radius 2 is 2.00 bits per heavy atom. The Bertz CT molecular complexity index is 517. The molecular weight excluding hydrogens is 274 g/mol. The minimum atomic E-state index is -0.343. The normalized spacial score (nSPS) is 13.4. The van der Waals surface area contributed by atoms with E-state index in [4.69, 9.17) is 4.74 Å². The van der Waals surface area contributed by atoms with E-state index in [1.807, 2.05) is 13.8 Å². The van der Waals surface area contributed by atoms with Crippen LogP contribution in [0.2, 0.25) is 0 Å². The monoisotopic (exact) mass is 295 g/mol. The van der Waals surface area contributed by atoms with Gasteiger partial charge in [0.2, 0.25) is 5.91 Å². The molecule has 1 aliphatic rings. The minimum Gasteiger partial charge on any atom is -0.465 e. The Balaban J connectivity index is 2.28. The van der Waals surface area contributed by atoms with E-state index in [0.29, 0.717) is 10.6 Å². The maximum atomic E-state index is 12.2. The van der Waals surface area contributed by atoms with Gasteiger partial charge >= 0.3 is 5.97 Å². The number of hydrogen-bond donors (Lipinski definition) is 1. The van der Waals surface area contributed by atoms with E-state index in [1.165, 1.54) is 23.3 Å². The molecule has 1 aliphatic carbocycles. The first-order valence-corrected chi connectivity index (χ1v) is 7.97. The van der Waals surface area contributed by atoms with Crippen LogP contribution in [0.4, 0.5) is 5.00 Å². The highest BCUT2D eigenvalue weighted by Gasteiger charge is 2.28. The zero-order valence-electron chi connectivity index (χ0n) is 12.2. The lowest BCUT2D eigenvalue weighted by molar-refractivity contribution is -0.120. The summed E-state index contributed by atoms with van der Waals surface area (Å²) in [7, 11) is 1.38. The summed E-state index contributed by atoms with van der Waals surface area (Å²) in [5, 5.41) is 3.60. The van der Waals surface area contributed by atoms with E-state index in [2.05, 4.69) is 5.32 Å². The first-order valence-electron chi connectivity index (χ1n) is 7.16. The zero-order chi connectivity index (χ0) is 14.7. The quantitative estimate of drug-likeness (QED) is 0.847. The second-order valence-electron chi connectivity index (χ2n) is 5.06. The lowest BCUT2D eigenvalue weighted by Gasteiger charge is -2.13. The first-order chi connectivity index (χ1) is 9.62. The molecule has 0 fully saturated rings. The fraction of sp³-hybridized carbons (Fsp3) is 0.600. The van der Waals surface area contributed by atoms with Crippen LogP contribution in [0.1, 0.15) is 53.9 Å². The number of anilines is 1. The molecule has 1 aromatic heterocycles. The SMILES string of the molecule is CCC(CC)C(=O)Nc1sc2c(c1C(=O)OC)CCC2. The lowest BCUT2D eigenvalue weighted by Crippen LogP contribution is -2.22. The summed E-state index contributed by atoms with van der Waals surface area (Å²) in [5.74, 6) is -0.346. The molecule has 20 heavy (non-hydrogen) atoms. The van der Waals surface area contributed by atoms with Crippen LogP contribution in [0.5, 0.6) is 0 Å². The number of ether oxygens (including phenoxy) is 1. The van der Waals surface area contributed by atoms with Crippen molar-refractivity contribution in [2.45, 2.75) is 46.0 Å². The number of amides is 1. The number of nitrogens with one attached hydrogen (secondary N) is 1. The summed E-state index contributed by atoms with van der Waals surface area (Å²) in [6.45, 7) is 4.01. The average molecular weight is 295 g/mol. The van der Waals surface area contributed by atoms with E-state index in [-0.39, 0.29) is 17.8 Å². The van der Waals surface area contributed by atoms with Crippen LogP contribution in [0, 0.1) is 5.92 Å². The van der Waals surface area contributed by atoms with Gasteiger partial charge < -0.3 is 10.1 Å². The van der Waals surface area contributed by atoms with Crippen molar-refractivity contribution in [1.82, 2.24) is 0 Å². The molecule has 1 aromatic rings. The van der Waals surface area contributed by atoms with Gasteiger partial charge in [-0.25, -0.2) is 4.79 Å². The molecule has 0 unspecified atom stereocenters. The van der Waals surface area contributed by atoms with Gasteiger partial charge in [0.15, 0.2) is 0 Å². The molecule has 0 saturated carbocycles. The van der Waals surface area contributed by atoms with E-state index in [1.54, 1.807) is 0 Å². The Hall–Kier alpha value is -1.36. The summed E-state index contributed by atoms with van der Waals surface area (Å²) in [5.41, 5.74) is 1.64. The highest BCUT2D eigenvalue weighted by molar-refractivity contribution is 7.17. The third-order valence-corrected chi connectivity index (χ3v) is 5.11. The van der Waals surface area contributed by atoms with Gasteiger partial charge in [-0.1, -0.05) is 13.8 Å². The highest BCUT2D eigenvalue weighted by atomic mass is 32.1. The van der Waals surface area contributed by atoms with Crippen LogP contribution in [-0.4, -0.2) is 19.0 Å². The number of esters is 1. The number of fused-ring (bicyclic) bond motifs is 1. The summed E-state index contributed by atoms with van der Waals surface area (Å²) >= 11 is 1.53. The Labute approximate surface area is 123 Å². The predicted octanol–water partition coefficient (Wildman–Crippen LogP) is 3.40. The number of carbonyl (C=O) groups is 2. The van der Waals surface area contributed by atoms with Crippen molar-refractivity contribution in [2.75, 3.05) is 12.4 Å². The highest BCUT2D eigenvalue weighted by Crippen LogP contribution is 2.39. The van der Waals surface area contributed by atoms with Crippen LogP contribution in [-0.2, 0) is 22.4 Å². The number of rotatable bonds is 5. The molecule has 2 rings (SSSR count). The number of thiophene rings is 1. The molecule has 5 heteroatoms. The molecule has 0 atom stereocenters.